The van der Waals surface area contributed by atoms with Crippen LogP contribution in [0.1, 0.15) is 43.3 Å². The molecule has 6 atom stereocenters. The van der Waals surface area contributed by atoms with Gasteiger partial charge in [0.1, 0.15) is 24.1 Å². The summed E-state index contributed by atoms with van der Waals surface area (Å²) < 4.78 is 139. The Morgan fingerprint density at radius 1 is 0.887 bits per heavy atom. The molecular weight excluding hydrogens is 1170 g/mol. The minimum Gasteiger partial charge on any atom is -0.453 e. The number of aromatic nitrogens is 4. The SMILES string of the molecule is CCN=c1ccc2c(-c3ccccc3C(=O)N(C)CCCC(=O)NCCNC(=O)O[C@@H]3[C@H](O)[C@@H](COP(=O)(O)OP(=O)(O)OP(=O)(O)O)O[C@H]3n3cnc4c(N)ncnc43)c3ccc(NCC)c(S(=O)(=O)O)c3oc-2c1S(=O)(=O)O. The number of phosphoric ester groups is 1. The number of anilines is 2. The highest BCUT2D eigenvalue weighted by Gasteiger charge is 2.50. The number of nitrogens with two attached hydrogens (primary N) is 1. The number of nitrogen functional groups attached to an aromatic ring is 1. The first-order chi connectivity index (χ1) is 37.4. The van der Waals surface area contributed by atoms with E-state index in [2.05, 4.69) is 49.0 Å². The van der Waals surface area contributed by atoms with Crippen molar-refractivity contribution in [2.24, 2.45) is 4.99 Å². The summed E-state index contributed by atoms with van der Waals surface area (Å²) in [6.07, 6.45) is -5.92. The Morgan fingerprint density at radius 3 is 2.26 bits per heavy atom. The standard InChI is InChI=1S/C42H51N10O23P3S2/c1-4-44-26-14-12-24-30(25-13-15-27(45-5-2)37(80(67,68)69)34(25)72-33(24)36(26)79(64,65)66)22-9-6-7-10-23(22)40(55)51(3)18-8-11-29(53)46-16-17-47-42(56)73-35-32(54)28(19-70-77(60,61)75-78(62,63)74-76(57,58)59)71-41(35)52-21-50-31-38(43)48-20-49-39(31)52/h6-7,9-10,12-15,20-21,28,32,35,41,44,54H,4-5,8,11,16-19H2,1-3H3,(H,46,53)(H,47,56)(H,60,61)(H,62,63)(H2,43,48,49)(H2,57,58,59)(H,64,65,66)(H,67,68,69)/t28-,32-,35-,41-/m1/s1. The number of hydrogen-bond donors (Lipinski definition) is 11. The number of aliphatic hydroxyl groups is 1. The maximum Gasteiger partial charge on any atom is 0.490 e. The summed E-state index contributed by atoms with van der Waals surface area (Å²) >= 11 is 0. The van der Waals surface area contributed by atoms with E-state index in [9.17, 15) is 68.9 Å². The zero-order valence-corrected chi connectivity index (χ0v) is 46.1. The van der Waals surface area contributed by atoms with Crippen LogP contribution in [0.5, 0.6) is 0 Å². The maximum atomic E-state index is 14.3. The number of nitrogens with zero attached hydrogens (tertiary/aromatic N) is 6. The van der Waals surface area contributed by atoms with E-state index in [1.54, 1.807) is 26.0 Å². The number of amides is 3. The van der Waals surface area contributed by atoms with Crippen molar-refractivity contribution in [2.45, 2.75) is 61.0 Å². The van der Waals surface area contributed by atoms with Gasteiger partial charge in [-0.2, -0.15) is 25.5 Å². The Balaban J connectivity index is 1.01. The number of alkyl carbamates (subject to hydrolysis) is 1. The minimum atomic E-state index is -5.91. The second-order valence-electron chi connectivity index (χ2n) is 17.1. The molecule has 2 aromatic carbocycles. The van der Waals surface area contributed by atoms with E-state index in [4.69, 9.17) is 29.4 Å². The van der Waals surface area contributed by atoms with Gasteiger partial charge in [-0.15, -0.1) is 0 Å². The molecule has 4 heterocycles. The third-order valence-corrected chi connectivity index (χ3v) is 17.2. The summed E-state index contributed by atoms with van der Waals surface area (Å²) in [7, 11) is -26.1. The van der Waals surface area contributed by atoms with Crippen LogP contribution < -0.4 is 27.0 Å². The van der Waals surface area contributed by atoms with Crippen molar-refractivity contribution in [1.82, 2.24) is 35.1 Å². The Bertz CT molecular complexity index is 3790. The zero-order chi connectivity index (χ0) is 58.7. The van der Waals surface area contributed by atoms with Gasteiger partial charge < -0.3 is 65.2 Å². The molecule has 7 rings (SSSR count). The highest BCUT2D eigenvalue weighted by atomic mass is 32.2. The van der Waals surface area contributed by atoms with E-state index < -0.39 is 114 Å². The molecule has 1 aliphatic carbocycles. The average molecular weight is 1220 g/mol. The molecule has 33 nitrogen and oxygen atoms in total. The van der Waals surface area contributed by atoms with E-state index in [0.29, 0.717) is 0 Å². The molecule has 12 N–H and O–H groups in total. The van der Waals surface area contributed by atoms with Crippen molar-refractivity contribution < 1.29 is 106 Å². The van der Waals surface area contributed by atoms with Gasteiger partial charge in [0.15, 0.2) is 44.9 Å². The van der Waals surface area contributed by atoms with Crippen molar-refractivity contribution in [2.75, 3.05) is 57.4 Å². The summed E-state index contributed by atoms with van der Waals surface area (Å²) in [5.41, 5.74) is 5.62. The molecule has 1 saturated heterocycles. The molecule has 1 fully saturated rings. The molecule has 0 saturated carbocycles. The van der Waals surface area contributed by atoms with E-state index in [-0.39, 0.29) is 101 Å². The zero-order valence-electron chi connectivity index (χ0n) is 41.8. The highest BCUT2D eigenvalue weighted by molar-refractivity contribution is 7.86. The molecule has 0 radical (unpaired) electrons. The van der Waals surface area contributed by atoms with Crippen LogP contribution in [0.25, 0.3) is 44.6 Å². The fourth-order valence-electron chi connectivity index (χ4n) is 8.40. The summed E-state index contributed by atoms with van der Waals surface area (Å²) in [5, 5.41) is 18.8. The molecule has 38 heteroatoms. The number of benzene rings is 3. The van der Waals surface area contributed by atoms with E-state index in [1.807, 2.05) is 0 Å². The number of phosphoric acid groups is 3. The van der Waals surface area contributed by atoms with Crippen LogP contribution in [-0.2, 0) is 61.3 Å². The second kappa shape index (κ2) is 24.4. The lowest BCUT2D eigenvalue weighted by molar-refractivity contribution is -0.121. The van der Waals surface area contributed by atoms with Crippen molar-refractivity contribution in [3.05, 3.63) is 72.1 Å². The Labute approximate surface area is 452 Å². The molecule has 434 valence electrons. The summed E-state index contributed by atoms with van der Waals surface area (Å²) in [6, 6.07) is 11.7. The van der Waals surface area contributed by atoms with Gasteiger partial charge in [-0.1, -0.05) is 18.2 Å². The van der Waals surface area contributed by atoms with Crippen LogP contribution in [0.15, 0.2) is 80.4 Å². The first-order valence-corrected chi connectivity index (χ1v) is 30.7. The molecule has 3 aliphatic rings. The Hall–Kier alpha value is -6.36. The first kappa shape index (κ1) is 61.3. The van der Waals surface area contributed by atoms with E-state index in [0.717, 1.165) is 17.2 Å². The van der Waals surface area contributed by atoms with Gasteiger partial charge in [-0.05, 0) is 56.2 Å². The largest absolute Gasteiger partial charge is 0.490 e. The van der Waals surface area contributed by atoms with Crippen molar-refractivity contribution >= 4 is 95.3 Å². The van der Waals surface area contributed by atoms with Crippen LogP contribution >= 0.6 is 23.5 Å². The van der Waals surface area contributed by atoms with Crippen LogP contribution in [0.4, 0.5) is 16.3 Å². The van der Waals surface area contributed by atoms with Gasteiger partial charge in [0.25, 0.3) is 26.1 Å². The fraction of sp³-hybridized carbons (Fsp3) is 0.357. The smallest absolute Gasteiger partial charge is 0.453 e. The van der Waals surface area contributed by atoms with Crippen LogP contribution in [0.2, 0.25) is 0 Å². The quantitative estimate of drug-likeness (QED) is 0.0189. The molecule has 2 aromatic heterocycles. The monoisotopic (exact) mass is 1220 g/mol. The van der Waals surface area contributed by atoms with Crippen molar-refractivity contribution in [1.29, 1.82) is 0 Å². The fourth-order valence-corrected chi connectivity index (χ4v) is 13.0. The summed E-state index contributed by atoms with van der Waals surface area (Å²) in [4.78, 5) is 93.3. The number of aliphatic hydroxyl groups excluding tert-OH is 1. The number of hydrogen-bond acceptors (Lipinski definition) is 23. The van der Waals surface area contributed by atoms with Gasteiger partial charge >= 0.3 is 29.6 Å². The lowest BCUT2D eigenvalue weighted by Crippen LogP contribution is -2.41. The molecule has 80 heavy (non-hydrogen) atoms. The van der Waals surface area contributed by atoms with Gasteiger partial charge in [0.2, 0.25) is 5.91 Å². The molecular formula is C42H51N10O23P3S2. The topological polar surface area (TPSA) is 493 Å². The predicted octanol–water partition coefficient (Wildman–Crippen LogP) is 2.14. The van der Waals surface area contributed by atoms with Gasteiger partial charge in [-0.3, -0.25) is 32.8 Å². The number of nitrogens with one attached hydrogen (secondary N) is 3. The van der Waals surface area contributed by atoms with Crippen LogP contribution in [0.3, 0.4) is 0 Å². The molecule has 2 aliphatic heterocycles. The van der Waals surface area contributed by atoms with Crippen molar-refractivity contribution in [3.63, 3.8) is 0 Å². The number of fused-ring (bicyclic) bond motifs is 3. The molecule has 2 unspecified atom stereocenters. The van der Waals surface area contributed by atoms with Gasteiger partial charge in [0.05, 0.1) is 24.0 Å². The van der Waals surface area contributed by atoms with E-state index >= 15 is 0 Å². The van der Waals surface area contributed by atoms with Crippen LogP contribution in [0, 0.1) is 0 Å². The summed E-state index contributed by atoms with van der Waals surface area (Å²) in [6.45, 7) is 1.93. The highest BCUT2D eigenvalue weighted by Crippen LogP contribution is 2.66. The number of imidazole rings is 1. The molecule has 0 spiro atoms. The van der Waals surface area contributed by atoms with E-state index in [1.165, 1.54) is 48.3 Å². The molecule has 4 aromatic rings. The Morgan fingerprint density at radius 2 is 1.59 bits per heavy atom. The first-order valence-electron chi connectivity index (χ1n) is 23.3. The Kier molecular flexibility index (Phi) is 18.7. The number of carbonyl (C=O) groups is 3. The lowest BCUT2D eigenvalue weighted by atomic mass is 9.90. The third-order valence-electron chi connectivity index (χ3n) is 11.6. The van der Waals surface area contributed by atoms with Crippen molar-refractivity contribution in [3.8, 4) is 22.5 Å². The second-order valence-corrected chi connectivity index (χ2v) is 24.2. The normalized spacial score (nSPS) is 18.7. The van der Waals surface area contributed by atoms with Gasteiger partial charge in [-0.25, -0.2) is 33.4 Å². The third kappa shape index (κ3) is 14.2. The molecule has 3 amide bonds. The number of carbonyl (C=O) groups excluding carboxylic acids is 3. The predicted molar refractivity (Wildman–Crippen MR) is 275 cm³/mol. The average Bonchev–Trinajstić information content (AvgIpc) is 4.07. The molecule has 0 bridgehead atoms. The minimum absolute atomic E-state index is 0.00161. The number of rotatable bonds is 23. The summed E-state index contributed by atoms with van der Waals surface area (Å²) in [5.74, 6) is -1.72. The van der Waals surface area contributed by atoms with Crippen LogP contribution in [-0.4, -0.2) is 158 Å². The lowest BCUT2D eigenvalue weighted by Gasteiger charge is -2.23. The number of ether oxygens (including phenoxy) is 2. The van der Waals surface area contributed by atoms with Gasteiger partial charge in [0, 0.05) is 68.3 Å². The maximum absolute atomic E-state index is 14.3.